The summed E-state index contributed by atoms with van der Waals surface area (Å²) in [5.41, 5.74) is 3.98. The molecule has 0 unspecified atom stereocenters. The van der Waals surface area contributed by atoms with Crippen LogP contribution in [-0.4, -0.2) is 21.9 Å². The van der Waals surface area contributed by atoms with Gasteiger partial charge >= 0.3 is 0 Å². The van der Waals surface area contributed by atoms with Crippen LogP contribution < -0.4 is 9.64 Å². The van der Waals surface area contributed by atoms with Crippen LogP contribution in [0.1, 0.15) is 121 Å². The molecule has 0 bridgehead atoms. The topological polar surface area (TPSA) is 46.8 Å². The number of carbonyl (C=O) groups is 1. The minimum absolute atomic E-state index is 0.0207. The summed E-state index contributed by atoms with van der Waals surface area (Å²) >= 11 is 6.62. The van der Waals surface area contributed by atoms with Crippen molar-refractivity contribution in [2.24, 2.45) is 0 Å². The second kappa shape index (κ2) is 19.3. The van der Waals surface area contributed by atoms with Crippen molar-refractivity contribution in [3.8, 4) is 5.75 Å². The Bertz CT molecular complexity index is 1450. The molecule has 0 aliphatic carbocycles. The van der Waals surface area contributed by atoms with Crippen molar-refractivity contribution < 1.29 is 9.53 Å². The highest BCUT2D eigenvalue weighted by atomic mass is 35.5. The summed E-state index contributed by atoms with van der Waals surface area (Å²) in [4.78, 5) is 19.1. The van der Waals surface area contributed by atoms with Crippen LogP contribution in [0.15, 0.2) is 73.1 Å². The third-order valence-corrected chi connectivity index (χ3v) is 8.87. The Hall–Kier alpha value is -3.31. The highest BCUT2D eigenvalue weighted by Gasteiger charge is 2.15. The van der Waals surface area contributed by atoms with Gasteiger partial charge in [-0.15, -0.1) is 0 Å². The van der Waals surface area contributed by atoms with Gasteiger partial charge in [-0.3, -0.25) is 4.79 Å². The standard InChI is InChI=1S/C39H52ClN3O2/c1-3-4-5-6-7-8-9-10-11-12-13-14-15-18-26-45-38-24-23-34(28-37(38)40)31-43(32(2)44)35-22-19-20-33(27-35)29-39-41-30-36-21-16-17-25-42(36)39/h16-17,19-25,27-28,30H,3-15,18,26,29,31H2,1-2H3. The fourth-order valence-corrected chi connectivity index (χ4v) is 6.21. The normalized spacial score (nSPS) is 11.3. The molecule has 0 spiro atoms. The molecule has 0 fully saturated rings. The fourth-order valence-electron chi connectivity index (χ4n) is 5.95. The summed E-state index contributed by atoms with van der Waals surface area (Å²) in [6, 6.07) is 20.0. The van der Waals surface area contributed by atoms with Gasteiger partial charge in [0.1, 0.15) is 11.6 Å². The maximum atomic E-state index is 12.7. The van der Waals surface area contributed by atoms with E-state index in [4.69, 9.17) is 16.3 Å². The molecule has 0 saturated heterocycles. The second-order valence-electron chi connectivity index (χ2n) is 12.3. The molecule has 0 aliphatic rings. The average molecular weight is 630 g/mol. The van der Waals surface area contributed by atoms with Crippen LogP contribution in [0.2, 0.25) is 5.02 Å². The number of pyridine rings is 1. The summed E-state index contributed by atoms with van der Waals surface area (Å²) in [7, 11) is 0. The third-order valence-electron chi connectivity index (χ3n) is 8.57. The van der Waals surface area contributed by atoms with Gasteiger partial charge in [0, 0.05) is 25.2 Å². The maximum Gasteiger partial charge on any atom is 0.224 e. The average Bonchev–Trinajstić information content (AvgIpc) is 3.45. The summed E-state index contributed by atoms with van der Waals surface area (Å²) < 4.78 is 8.11. The molecule has 6 heteroatoms. The zero-order chi connectivity index (χ0) is 31.7. The second-order valence-corrected chi connectivity index (χ2v) is 12.7. The van der Waals surface area contributed by atoms with Crippen LogP contribution in [0.25, 0.3) is 5.52 Å². The molecule has 4 aromatic rings. The first-order valence-electron chi connectivity index (χ1n) is 17.2. The Morgan fingerprint density at radius 1 is 0.800 bits per heavy atom. The first-order chi connectivity index (χ1) is 22.0. The maximum absolute atomic E-state index is 12.7. The van der Waals surface area contributed by atoms with E-state index >= 15 is 0 Å². The summed E-state index contributed by atoms with van der Waals surface area (Å²) in [6.45, 7) is 4.99. The Kier molecular flexibility index (Phi) is 14.8. The molecule has 2 heterocycles. The molecule has 0 atom stereocenters. The van der Waals surface area contributed by atoms with Gasteiger partial charge in [-0.25, -0.2) is 4.98 Å². The van der Waals surface area contributed by atoms with Crippen LogP contribution in [0.5, 0.6) is 5.75 Å². The first-order valence-corrected chi connectivity index (χ1v) is 17.6. The van der Waals surface area contributed by atoms with Gasteiger partial charge in [0.25, 0.3) is 0 Å². The quantitative estimate of drug-likeness (QED) is 0.0861. The number of carbonyl (C=O) groups excluding carboxylic acids is 1. The molecule has 1 amide bonds. The number of hydrogen-bond acceptors (Lipinski definition) is 3. The predicted octanol–water partition coefficient (Wildman–Crippen LogP) is 11.0. The summed E-state index contributed by atoms with van der Waals surface area (Å²) in [6.07, 6.45) is 23.4. The zero-order valence-electron chi connectivity index (χ0n) is 27.5. The van der Waals surface area contributed by atoms with Crippen molar-refractivity contribution >= 4 is 28.7 Å². The Morgan fingerprint density at radius 3 is 2.16 bits per heavy atom. The van der Waals surface area contributed by atoms with Crippen LogP contribution in [-0.2, 0) is 17.8 Å². The number of amides is 1. The number of ether oxygens (including phenoxy) is 1. The molecule has 0 saturated carbocycles. The number of nitrogens with zero attached hydrogens (tertiary/aromatic N) is 3. The Labute approximate surface area is 276 Å². The molecular weight excluding hydrogens is 578 g/mol. The highest BCUT2D eigenvalue weighted by Crippen LogP contribution is 2.28. The number of hydrogen-bond donors (Lipinski definition) is 0. The fraction of sp³-hybridized carbons (Fsp3) is 0.487. The van der Waals surface area contributed by atoms with Crippen LogP contribution in [0.4, 0.5) is 5.69 Å². The lowest BCUT2D eigenvalue weighted by Crippen LogP contribution is -2.27. The lowest BCUT2D eigenvalue weighted by molar-refractivity contribution is -0.116. The smallest absolute Gasteiger partial charge is 0.224 e. The molecule has 2 aromatic heterocycles. The number of aromatic nitrogens is 2. The predicted molar refractivity (Wildman–Crippen MR) is 189 cm³/mol. The van der Waals surface area contributed by atoms with E-state index in [1.807, 2.05) is 60.9 Å². The largest absolute Gasteiger partial charge is 0.492 e. The molecule has 2 aromatic carbocycles. The van der Waals surface area contributed by atoms with Gasteiger partial charge in [0.05, 0.1) is 29.9 Å². The van der Waals surface area contributed by atoms with Crippen molar-refractivity contribution in [3.05, 3.63) is 95.0 Å². The molecular formula is C39H52ClN3O2. The molecule has 0 aliphatic heterocycles. The lowest BCUT2D eigenvalue weighted by Gasteiger charge is -2.22. The van der Waals surface area contributed by atoms with Crippen molar-refractivity contribution in [3.63, 3.8) is 0 Å². The van der Waals surface area contributed by atoms with Crippen LogP contribution in [0.3, 0.4) is 0 Å². The number of benzene rings is 2. The van der Waals surface area contributed by atoms with E-state index in [9.17, 15) is 4.79 Å². The van der Waals surface area contributed by atoms with Crippen molar-refractivity contribution in [2.75, 3.05) is 11.5 Å². The van der Waals surface area contributed by atoms with Crippen LogP contribution in [0, 0.1) is 0 Å². The van der Waals surface area contributed by atoms with E-state index in [1.54, 1.807) is 11.8 Å². The third kappa shape index (κ3) is 11.5. The monoisotopic (exact) mass is 629 g/mol. The highest BCUT2D eigenvalue weighted by molar-refractivity contribution is 6.32. The van der Waals surface area contributed by atoms with E-state index in [1.165, 1.54) is 83.5 Å². The van der Waals surface area contributed by atoms with E-state index in [-0.39, 0.29) is 5.91 Å². The Morgan fingerprint density at radius 2 is 1.49 bits per heavy atom. The van der Waals surface area contributed by atoms with Gasteiger partial charge in [0.15, 0.2) is 0 Å². The minimum Gasteiger partial charge on any atom is -0.492 e. The number of anilines is 1. The van der Waals surface area contributed by atoms with E-state index < -0.39 is 0 Å². The zero-order valence-corrected chi connectivity index (χ0v) is 28.2. The molecule has 242 valence electrons. The van der Waals surface area contributed by atoms with Crippen molar-refractivity contribution in [1.82, 2.24) is 9.38 Å². The van der Waals surface area contributed by atoms with Gasteiger partial charge in [-0.05, 0) is 53.9 Å². The SMILES string of the molecule is CCCCCCCCCCCCCCCCOc1ccc(CN(C(C)=O)c2cccc(Cc3ncc4ccccn34)c2)cc1Cl. The van der Waals surface area contributed by atoms with E-state index in [0.717, 1.165) is 34.6 Å². The van der Waals surface area contributed by atoms with Crippen molar-refractivity contribution in [2.45, 2.75) is 117 Å². The molecule has 5 nitrogen and oxygen atoms in total. The number of fused-ring (bicyclic) bond motifs is 1. The summed E-state index contributed by atoms with van der Waals surface area (Å²) in [5.74, 6) is 1.65. The minimum atomic E-state index is -0.0207. The van der Waals surface area contributed by atoms with Gasteiger partial charge in [0.2, 0.25) is 5.91 Å². The molecule has 4 rings (SSSR count). The van der Waals surface area contributed by atoms with E-state index in [0.29, 0.717) is 30.3 Å². The first kappa shape index (κ1) is 34.6. The number of imidazole rings is 1. The van der Waals surface area contributed by atoms with Gasteiger partial charge in [-0.1, -0.05) is 126 Å². The lowest BCUT2D eigenvalue weighted by atomic mass is 10.0. The molecule has 0 radical (unpaired) electrons. The Balaban J connectivity index is 1.17. The van der Waals surface area contributed by atoms with Gasteiger partial charge in [-0.2, -0.15) is 0 Å². The number of halogens is 1. The van der Waals surface area contributed by atoms with E-state index in [2.05, 4.69) is 28.4 Å². The molecule has 0 N–H and O–H groups in total. The summed E-state index contributed by atoms with van der Waals surface area (Å²) in [5, 5.41) is 0.585. The van der Waals surface area contributed by atoms with Crippen molar-refractivity contribution in [1.29, 1.82) is 0 Å². The number of unbranched alkanes of at least 4 members (excludes halogenated alkanes) is 13. The van der Waals surface area contributed by atoms with Crippen LogP contribution >= 0.6 is 11.6 Å². The van der Waals surface area contributed by atoms with Gasteiger partial charge < -0.3 is 14.0 Å². The molecule has 45 heavy (non-hydrogen) atoms. The number of rotatable bonds is 21.